The molecule has 2 unspecified atom stereocenters. The van der Waals surface area contributed by atoms with Crippen LogP contribution in [0.5, 0.6) is 0 Å². The molecule has 0 aromatic rings. The predicted octanol–water partition coefficient (Wildman–Crippen LogP) is 2.17. The van der Waals surface area contributed by atoms with Gasteiger partial charge in [-0.15, -0.1) is 0 Å². The fraction of sp³-hybridized carbons (Fsp3) is 1.00. The van der Waals surface area contributed by atoms with Crippen LogP contribution in [-0.4, -0.2) is 56.6 Å². The summed E-state index contributed by atoms with van der Waals surface area (Å²) in [5.41, 5.74) is 0.229. The highest BCUT2D eigenvalue weighted by Gasteiger charge is 2.47. The Hall–Kier alpha value is -0.130. The van der Waals surface area contributed by atoms with E-state index in [2.05, 4.69) is 39.8 Å². The van der Waals surface area contributed by atoms with Gasteiger partial charge in [0, 0.05) is 19.6 Å². The first-order valence-corrected chi connectivity index (χ1v) is 8.50. The van der Waals surface area contributed by atoms with Crippen molar-refractivity contribution in [2.45, 2.75) is 57.2 Å². The van der Waals surface area contributed by atoms with E-state index in [0.717, 1.165) is 25.7 Å². The molecule has 1 rings (SSSR count). The van der Waals surface area contributed by atoms with Crippen molar-refractivity contribution in [3.05, 3.63) is 0 Å². The van der Waals surface area contributed by atoms with E-state index < -0.39 is 10.0 Å². The fourth-order valence-corrected chi connectivity index (χ4v) is 4.85. The number of hydrogen-bond acceptors (Lipinski definition) is 3. The summed E-state index contributed by atoms with van der Waals surface area (Å²) in [5.74, 6) is 0. The zero-order chi connectivity index (χ0) is 15.1. The van der Waals surface area contributed by atoms with Crippen molar-refractivity contribution in [3.63, 3.8) is 0 Å². The zero-order valence-corrected chi connectivity index (χ0v) is 14.3. The third-order valence-electron chi connectivity index (χ3n) is 4.28. The molecule has 1 aliphatic rings. The maximum atomic E-state index is 12.3. The molecule has 0 N–H and O–H groups in total. The van der Waals surface area contributed by atoms with Gasteiger partial charge >= 0.3 is 0 Å². The molecule has 19 heavy (non-hydrogen) atoms. The van der Waals surface area contributed by atoms with E-state index in [-0.39, 0.29) is 16.2 Å². The van der Waals surface area contributed by atoms with Crippen molar-refractivity contribution in [1.82, 2.24) is 9.21 Å². The van der Waals surface area contributed by atoms with Crippen LogP contribution in [-0.2, 0) is 10.0 Å². The average molecular weight is 290 g/mol. The number of rotatable bonds is 4. The molecule has 0 heterocycles. The van der Waals surface area contributed by atoms with Gasteiger partial charge in [0.25, 0.3) is 0 Å². The summed E-state index contributed by atoms with van der Waals surface area (Å²) in [6.45, 7) is 6.68. The quantitative estimate of drug-likeness (QED) is 0.797. The molecule has 2 atom stereocenters. The Labute approximate surface area is 119 Å². The van der Waals surface area contributed by atoms with Crippen LogP contribution in [0.1, 0.15) is 46.5 Å². The predicted molar refractivity (Wildman–Crippen MR) is 80.7 cm³/mol. The molecule has 4 nitrogen and oxygen atoms in total. The smallest absolute Gasteiger partial charge is 0.216 e. The highest BCUT2D eigenvalue weighted by atomic mass is 32.2. The van der Waals surface area contributed by atoms with E-state index in [1.165, 1.54) is 4.31 Å². The van der Waals surface area contributed by atoms with Crippen molar-refractivity contribution in [2.24, 2.45) is 5.41 Å². The molecular formula is C14H30N2O2S. The fourth-order valence-electron chi connectivity index (χ4n) is 3.32. The Morgan fingerprint density at radius 1 is 1.16 bits per heavy atom. The molecular weight excluding hydrogens is 260 g/mol. The Morgan fingerprint density at radius 3 is 2.05 bits per heavy atom. The lowest BCUT2D eigenvalue weighted by molar-refractivity contribution is 0.0996. The van der Waals surface area contributed by atoms with Crippen LogP contribution < -0.4 is 0 Å². The second-order valence-corrected chi connectivity index (χ2v) is 9.98. The molecule has 0 radical (unpaired) electrons. The molecule has 0 aromatic heterocycles. The van der Waals surface area contributed by atoms with Gasteiger partial charge in [-0.1, -0.05) is 20.8 Å². The molecule has 114 valence electrons. The van der Waals surface area contributed by atoms with Crippen LogP contribution in [0.2, 0.25) is 0 Å². The summed E-state index contributed by atoms with van der Waals surface area (Å²) in [6, 6.07) is 0. The summed E-state index contributed by atoms with van der Waals surface area (Å²) in [6.07, 6.45) is 3.52. The lowest BCUT2D eigenvalue weighted by Gasteiger charge is -2.41. The first kappa shape index (κ1) is 16.9. The van der Waals surface area contributed by atoms with Gasteiger partial charge in [-0.05, 0) is 45.2 Å². The molecule has 0 amide bonds. The van der Waals surface area contributed by atoms with E-state index in [1.54, 1.807) is 14.1 Å². The first-order chi connectivity index (χ1) is 8.41. The van der Waals surface area contributed by atoms with Crippen molar-refractivity contribution in [3.8, 4) is 0 Å². The standard InChI is InChI=1S/C14H30N2O2S/c1-13(2,3)11-14(15(4)5)9-8-12(10-14)19(17,18)16(6)7/h12H,8-11H2,1-7H3. The van der Waals surface area contributed by atoms with Crippen molar-refractivity contribution >= 4 is 10.0 Å². The van der Waals surface area contributed by atoms with E-state index >= 15 is 0 Å². The summed E-state index contributed by atoms with van der Waals surface area (Å²) in [4.78, 5) is 2.24. The van der Waals surface area contributed by atoms with Crippen molar-refractivity contribution < 1.29 is 8.42 Å². The third kappa shape index (κ3) is 3.70. The van der Waals surface area contributed by atoms with Crippen molar-refractivity contribution in [2.75, 3.05) is 28.2 Å². The SMILES string of the molecule is CN(C)C1(CC(C)(C)C)CCC(S(=O)(=O)N(C)C)C1. The molecule has 5 heteroatoms. The van der Waals surface area contributed by atoms with Gasteiger partial charge in [-0.25, -0.2) is 12.7 Å². The molecule has 0 bridgehead atoms. The number of sulfonamides is 1. The minimum absolute atomic E-state index is 0.0198. The lowest BCUT2D eigenvalue weighted by atomic mass is 9.78. The Morgan fingerprint density at radius 2 is 1.68 bits per heavy atom. The summed E-state index contributed by atoms with van der Waals surface area (Å²) < 4.78 is 26.0. The molecule has 1 fully saturated rings. The van der Waals surface area contributed by atoms with E-state index in [9.17, 15) is 8.42 Å². The van der Waals surface area contributed by atoms with E-state index in [4.69, 9.17) is 0 Å². The van der Waals surface area contributed by atoms with Crippen LogP contribution in [0, 0.1) is 5.41 Å². The largest absolute Gasteiger partial charge is 0.304 e. The van der Waals surface area contributed by atoms with Gasteiger partial charge in [0.1, 0.15) is 0 Å². The van der Waals surface area contributed by atoms with Gasteiger partial charge in [0.15, 0.2) is 0 Å². The van der Waals surface area contributed by atoms with Crippen LogP contribution in [0.25, 0.3) is 0 Å². The maximum absolute atomic E-state index is 12.3. The summed E-state index contributed by atoms with van der Waals surface area (Å²) >= 11 is 0. The summed E-state index contributed by atoms with van der Waals surface area (Å²) in [5, 5.41) is -0.229. The van der Waals surface area contributed by atoms with E-state index in [0.29, 0.717) is 0 Å². The number of hydrogen-bond donors (Lipinski definition) is 0. The van der Waals surface area contributed by atoms with E-state index in [1.807, 2.05) is 0 Å². The van der Waals surface area contributed by atoms with Gasteiger partial charge in [-0.3, -0.25) is 0 Å². The molecule has 1 aliphatic carbocycles. The van der Waals surface area contributed by atoms with Crippen LogP contribution in [0.15, 0.2) is 0 Å². The molecule has 0 saturated heterocycles. The molecule has 0 aliphatic heterocycles. The lowest BCUT2D eigenvalue weighted by Crippen LogP contribution is -2.46. The van der Waals surface area contributed by atoms with Gasteiger partial charge in [-0.2, -0.15) is 0 Å². The molecule has 0 aromatic carbocycles. The molecule has 1 saturated carbocycles. The van der Waals surface area contributed by atoms with Crippen molar-refractivity contribution in [1.29, 1.82) is 0 Å². The Balaban J connectivity index is 2.97. The highest BCUT2D eigenvalue weighted by molar-refractivity contribution is 7.89. The number of nitrogens with zero attached hydrogens (tertiary/aromatic N) is 2. The first-order valence-electron chi connectivity index (χ1n) is 6.99. The average Bonchev–Trinajstić information content (AvgIpc) is 2.60. The zero-order valence-electron chi connectivity index (χ0n) is 13.5. The Kier molecular flexibility index (Phi) is 4.75. The van der Waals surface area contributed by atoms with Gasteiger partial charge < -0.3 is 4.90 Å². The minimum Gasteiger partial charge on any atom is -0.304 e. The molecule has 0 spiro atoms. The topological polar surface area (TPSA) is 40.6 Å². The second-order valence-electron chi connectivity index (χ2n) is 7.55. The minimum atomic E-state index is -3.13. The third-order valence-corrected chi connectivity index (χ3v) is 6.54. The summed E-state index contributed by atoms with van der Waals surface area (Å²) in [7, 11) is 4.30. The van der Waals surface area contributed by atoms with Gasteiger partial charge in [0.05, 0.1) is 5.25 Å². The maximum Gasteiger partial charge on any atom is 0.216 e. The highest BCUT2D eigenvalue weighted by Crippen LogP contribution is 2.44. The van der Waals surface area contributed by atoms with Crippen LogP contribution in [0.4, 0.5) is 0 Å². The normalized spacial score (nSPS) is 29.4. The van der Waals surface area contributed by atoms with Crippen LogP contribution >= 0.6 is 0 Å². The van der Waals surface area contributed by atoms with Crippen LogP contribution in [0.3, 0.4) is 0 Å². The second kappa shape index (κ2) is 5.34. The Bertz CT molecular complexity index is 410. The van der Waals surface area contributed by atoms with Gasteiger partial charge in [0.2, 0.25) is 10.0 Å². The monoisotopic (exact) mass is 290 g/mol.